The van der Waals surface area contributed by atoms with Crippen molar-refractivity contribution in [1.29, 1.82) is 0 Å². The Kier molecular flexibility index (Phi) is 7.03. The van der Waals surface area contributed by atoms with Crippen LogP contribution in [0.3, 0.4) is 0 Å². The minimum absolute atomic E-state index is 0.222. The molecule has 0 saturated carbocycles. The van der Waals surface area contributed by atoms with Gasteiger partial charge in [0.15, 0.2) is 9.84 Å². The molecule has 33 heavy (non-hydrogen) atoms. The molecule has 2 atom stereocenters. The Hall–Kier alpha value is -2.47. The van der Waals surface area contributed by atoms with Gasteiger partial charge in [0.2, 0.25) is 0 Å². The number of aliphatic hydroxyl groups excluding tert-OH is 1. The van der Waals surface area contributed by atoms with Gasteiger partial charge in [-0.3, -0.25) is 4.90 Å². The number of aliphatic hydroxyl groups is 1. The molecule has 4 nitrogen and oxygen atoms in total. The molecule has 4 rings (SSSR count). The molecule has 0 radical (unpaired) electrons. The van der Waals surface area contributed by atoms with Crippen LogP contribution < -0.4 is 0 Å². The quantitative estimate of drug-likeness (QED) is 0.495. The van der Waals surface area contributed by atoms with Gasteiger partial charge in [-0.05, 0) is 43.4 Å². The van der Waals surface area contributed by atoms with Crippen LogP contribution in [-0.2, 0) is 15.4 Å². The lowest BCUT2D eigenvalue weighted by molar-refractivity contribution is 0.0451. The molecule has 3 aromatic rings. The summed E-state index contributed by atoms with van der Waals surface area (Å²) in [6.07, 6.45) is 0.691. The van der Waals surface area contributed by atoms with E-state index in [9.17, 15) is 13.5 Å². The van der Waals surface area contributed by atoms with Crippen molar-refractivity contribution in [3.63, 3.8) is 0 Å². The van der Waals surface area contributed by atoms with Crippen LogP contribution in [-0.4, -0.2) is 48.1 Å². The van der Waals surface area contributed by atoms with Gasteiger partial charge in [0.05, 0.1) is 22.6 Å². The normalized spacial score (nSPS) is 18.5. The summed E-state index contributed by atoms with van der Waals surface area (Å²) < 4.78 is 25.4. The van der Waals surface area contributed by atoms with Crippen LogP contribution in [0, 0.1) is 0 Å². The molecule has 0 spiro atoms. The van der Waals surface area contributed by atoms with Crippen molar-refractivity contribution in [2.75, 3.05) is 12.3 Å². The molecule has 1 aliphatic rings. The maximum atomic E-state index is 12.7. The van der Waals surface area contributed by atoms with E-state index in [1.54, 1.807) is 13.8 Å². The lowest BCUT2D eigenvalue weighted by Crippen LogP contribution is -2.55. The highest BCUT2D eigenvalue weighted by Gasteiger charge is 2.49. The Morgan fingerprint density at radius 1 is 0.848 bits per heavy atom. The molecule has 1 aliphatic heterocycles. The maximum absolute atomic E-state index is 12.7. The predicted molar refractivity (Wildman–Crippen MR) is 134 cm³/mol. The van der Waals surface area contributed by atoms with Gasteiger partial charge in [0.25, 0.3) is 0 Å². The number of hydrogen-bond donors (Lipinski definition) is 1. The van der Waals surface area contributed by atoms with Crippen molar-refractivity contribution in [2.24, 2.45) is 0 Å². The fourth-order valence-corrected chi connectivity index (χ4v) is 6.27. The largest absolute Gasteiger partial charge is 0.390 e. The number of likely N-dealkylation sites (tertiary alicyclic amines) is 1. The van der Waals surface area contributed by atoms with Gasteiger partial charge in [0, 0.05) is 12.6 Å². The average Bonchev–Trinajstić information content (AvgIpc) is 3.32. The highest BCUT2D eigenvalue weighted by molar-refractivity contribution is 7.92. The van der Waals surface area contributed by atoms with Crippen LogP contribution in [0.15, 0.2) is 91.0 Å². The number of benzene rings is 3. The van der Waals surface area contributed by atoms with Gasteiger partial charge < -0.3 is 5.11 Å². The Labute approximate surface area is 197 Å². The molecule has 0 amide bonds. The molecule has 174 valence electrons. The fraction of sp³-hybridized carbons (Fsp3) is 0.357. The zero-order chi connectivity index (χ0) is 23.5. The lowest BCUT2D eigenvalue weighted by atomic mass is 9.75. The second kappa shape index (κ2) is 9.80. The SMILES string of the molecule is CC(C)S(=O)(=O)C[C@H](O)[C@H]1CCCN1C(c1ccccc1)(c1ccccc1)c1ccccc1. The molecule has 0 aliphatic carbocycles. The standard InChI is InChI=1S/C28H33NO3S/c1-22(2)33(31,32)21-27(30)26-19-12-20-29(26)28(23-13-6-3-7-14-23,24-15-8-4-9-16-24)25-17-10-5-11-18-25/h3-11,13-18,22,26-27,30H,12,19-21H2,1-2H3/t26-,27+/m1/s1. The van der Waals surface area contributed by atoms with E-state index in [1.807, 2.05) is 54.6 Å². The monoisotopic (exact) mass is 463 g/mol. The highest BCUT2D eigenvalue weighted by atomic mass is 32.2. The molecule has 0 aromatic heterocycles. The summed E-state index contributed by atoms with van der Waals surface area (Å²) in [6.45, 7) is 4.12. The van der Waals surface area contributed by atoms with E-state index in [4.69, 9.17) is 0 Å². The second-order valence-electron chi connectivity index (χ2n) is 9.16. The van der Waals surface area contributed by atoms with Crippen LogP contribution in [0.1, 0.15) is 43.4 Å². The van der Waals surface area contributed by atoms with Crippen LogP contribution in [0.4, 0.5) is 0 Å². The zero-order valence-corrected chi connectivity index (χ0v) is 20.2. The minimum Gasteiger partial charge on any atom is -0.390 e. The predicted octanol–water partition coefficient (Wildman–Crippen LogP) is 4.63. The summed E-state index contributed by atoms with van der Waals surface area (Å²) in [5.74, 6) is -0.222. The fourth-order valence-electron chi connectivity index (χ4n) is 5.19. The molecule has 1 fully saturated rings. The van der Waals surface area contributed by atoms with E-state index in [-0.39, 0.29) is 11.8 Å². The molecule has 3 aromatic carbocycles. The van der Waals surface area contributed by atoms with Crippen molar-refractivity contribution in [3.05, 3.63) is 108 Å². The van der Waals surface area contributed by atoms with Crippen LogP contribution in [0.25, 0.3) is 0 Å². The first-order chi connectivity index (χ1) is 15.9. The average molecular weight is 464 g/mol. The third-order valence-corrected chi connectivity index (χ3v) is 9.11. The molecule has 0 bridgehead atoms. The summed E-state index contributed by atoms with van der Waals surface area (Å²) in [5.41, 5.74) is 2.67. The van der Waals surface area contributed by atoms with E-state index in [0.29, 0.717) is 0 Å². The van der Waals surface area contributed by atoms with Crippen molar-refractivity contribution >= 4 is 9.84 Å². The molecule has 1 saturated heterocycles. The number of sulfone groups is 1. The minimum atomic E-state index is -3.37. The number of nitrogens with zero attached hydrogens (tertiary/aromatic N) is 1. The third-order valence-electron chi connectivity index (χ3n) is 6.87. The van der Waals surface area contributed by atoms with E-state index in [0.717, 1.165) is 36.1 Å². The summed E-state index contributed by atoms with van der Waals surface area (Å²) in [6, 6.07) is 30.8. The molecule has 1 N–H and O–H groups in total. The molecular weight excluding hydrogens is 430 g/mol. The lowest BCUT2D eigenvalue weighted by Gasteiger charge is -2.47. The van der Waals surface area contributed by atoms with Gasteiger partial charge in [0.1, 0.15) is 0 Å². The first-order valence-corrected chi connectivity index (χ1v) is 13.4. The first kappa shape index (κ1) is 23.7. The second-order valence-corrected chi connectivity index (χ2v) is 11.8. The van der Waals surface area contributed by atoms with Gasteiger partial charge in [-0.15, -0.1) is 0 Å². The molecule has 5 heteroatoms. The van der Waals surface area contributed by atoms with Crippen LogP contribution in [0.2, 0.25) is 0 Å². The summed E-state index contributed by atoms with van der Waals surface area (Å²) in [5, 5.41) is 10.8. The van der Waals surface area contributed by atoms with Gasteiger partial charge in [-0.1, -0.05) is 91.0 Å². The van der Waals surface area contributed by atoms with E-state index >= 15 is 0 Å². The van der Waals surface area contributed by atoms with Crippen molar-refractivity contribution in [3.8, 4) is 0 Å². The summed E-state index contributed by atoms with van der Waals surface area (Å²) >= 11 is 0. The zero-order valence-electron chi connectivity index (χ0n) is 19.3. The summed E-state index contributed by atoms with van der Waals surface area (Å²) in [7, 11) is -3.37. The molecular formula is C28H33NO3S. The topological polar surface area (TPSA) is 57.6 Å². The van der Waals surface area contributed by atoms with E-state index in [1.165, 1.54) is 0 Å². The Morgan fingerprint density at radius 2 is 1.27 bits per heavy atom. The van der Waals surface area contributed by atoms with Gasteiger partial charge >= 0.3 is 0 Å². The van der Waals surface area contributed by atoms with E-state index in [2.05, 4.69) is 41.3 Å². The van der Waals surface area contributed by atoms with Crippen LogP contribution in [0.5, 0.6) is 0 Å². The number of rotatable bonds is 8. The van der Waals surface area contributed by atoms with Gasteiger partial charge in [-0.2, -0.15) is 0 Å². The Bertz CT molecular complexity index is 1030. The Balaban J connectivity index is 1.91. The van der Waals surface area contributed by atoms with E-state index < -0.39 is 26.7 Å². The van der Waals surface area contributed by atoms with Gasteiger partial charge in [-0.25, -0.2) is 8.42 Å². The van der Waals surface area contributed by atoms with Crippen LogP contribution >= 0.6 is 0 Å². The van der Waals surface area contributed by atoms with Crippen molar-refractivity contribution < 1.29 is 13.5 Å². The first-order valence-electron chi connectivity index (χ1n) is 11.7. The van der Waals surface area contributed by atoms with Crippen molar-refractivity contribution in [1.82, 2.24) is 4.90 Å². The highest BCUT2D eigenvalue weighted by Crippen LogP contribution is 2.46. The molecule has 1 heterocycles. The Morgan fingerprint density at radius 3 is 1.67 bits per heavy atom. The maximum Gasteiger partial charge on any atom is 0.155 e. The number of hydrogen-bond acceptors (Lipinski definition) is 4. The summed E-state index contributed by atoms with van der Waals surface area (Å²) in [4.78, 5) is 2.34. The third kappa shape index (κ3) is 4.50. The van der Waals surface area contributed by atoms with Crippen molar-refractivity contribution in [2.45, 2.75) is 49.6 Å². The molecule has 0 unspecified atom stereocenters. The smallest absolute Gasteiger partial charge is 0.155 e.